The summed E-state index contributed by atoms with van der Waals surface area (Å²) in [5.41, 5.74) is 0.389. The number of aromatic nitrogens is 2. The van der Waals surface area contributed by atoms with Crippen LogP contribution in [0.3, 0.4) is 0 Å². The Bertz CT molecular complexity index is 366. The van der Waals surface area contributed by atoms with Crippen molar-refractivity contribution in [1.82, 2.24) is 14.9 Å². The molecule has 0 aromatic carbocycles. The number of rotatable bonds is 4. The van der Waals surface area contributed by atoms with Gasteiger partial charge in [-0.2, -0.15) is 0 Å². The van der Waals surface area contributed by atoms with E-state index in [0.29, 0.717) is 17.3 Å². The van der Waals surface area contributed by atoms with Crippen LogP contribution in [0.1, 0.15) is 17.3 Å². The molecule has 0 unspecified atom stereocenters. The van der Waals surface area contributed by atoms with E-state index in [1.165, 1.54) is 24.2 Å². The van der Waals surface area contributed by atoms with Gasteiger partial charge < -0.3 is 9.64 Å². The van der Waals surface area contributed by atoms with E-state index < -0.39 is 0 Å². The molecule has 0 atom stereocenters. The number of hydrogen-bond acceptors (Lipinski definition) is 6. The Hall–Kier alpha value is -1.56. The van der Waals surface area contributed by atoms with Gasteiger partial charge in [0.05, 0.1) is 12.2 Å². The summed E-state index contributed by atoms with van der Waals surface area (Å²) in [5.74, 6) is -0.379. The van der Waals surface area contributed by atoms with Crippen LogP contribution >= 0.6 is 11.8 Å². The van der Waals surface area contributed by atoms with Crippen LogP contribution in [0.4, 0.5) is 0 Å². The minimum absolute atomic E-state index is 0.364. The molecule has 1 aromatic heterocycles. The molecule has 18 heavy (non-hydrogen) atoms. The molecule has 6 heteroatoms. The predicted molar refractivity (Wildman–Crippen MR) is 73.7 cm³/mol. The molecular formula is C12H19N3O2S. The average molecular weight is 269 g/mol. The SMILES string of the molecule is C=CN(C)C.CCOC(=O)c1cnc(SC)nc1. The zero-order chi connectivity index (χ0) is 14.0. The van der Waals surface area contributed by atoms with Crippen molar-refractivity contribution in [2.75, 3.05) is 27.0 Å². The number of ether oxygens (including phenoxy) is 1. The summed E-state index contributed by atoms with van der Waals surface area (Å²) in [5, 5.41) is 0.646. The van der Waals surface area contributed by atoms with Gasteiger partial charge in [-0.05, 0) is 19.4 Å². The summed E-state index contributed by atoms with van der Waals surface area (Å²) in [6.45, 7) is 5.61. The van der Waals surface area contributed by atoms with E-state index in [2.05, 4.69) is 16.5 Å². The van der Waals surface area contributed by atoms with Crippen LogP contribution in [0, 0.1) is 0 Å². The lowest BCUT2D eigenvalue weighted by Gasteiger charge is -2.00. The minimum Gasteiger partial charge on any atom is -0.462 e. The number of nitrogens with zero attached hydrogens (tertiary/aromatic N) is 3. The Morgan fingerprint density at radius 1 is 1.50 bits per heavy atom. The normalized spacial score (nSPS) is 8.89. The molecule has 0 bridgehead atoms. The first-order valence-electron chi connectivity index (χ1n) is 5.37. The zero-order valence-corrected chi connectivity index (χ0v) is 12.0. The van der Waals surface area contributed by atoms with Gasteiger partial charge in [-0.1, -0.05) is 18.3 Å². The maximum Gasteiger partial charge on any atom is 0.341 e. The summed E-state index contributed by atoms with van der Waals surface area (Å²) in [4.78, 5) is 20.9. The molecule has 0 radical (unpaired) electrons. The van der Waals surface area contributed by atoms with Crippen molar-refractivity contribution in [3.05, 3.63) is 30.7 Å². The van der Waals surface area contributed by atoms with Crippen LogP contribution in [0.15, 0.2) is 30.3 Å². The third kappa shape index (κ3) is 6.90. The summed E-state index contributed by atoms with van der Waals surface area (Å²) >= 11 is 1.43. The second-order valence-corrected chi connectivity index (χ2v) is 4.10. The van der Waals surface area contributed by atoms with Crippen LogP contribution in [-0.4, -0.2) is 47.8 Å². The molecule has 100 valence electrons. The van der Waals surface area contributed by atoms with Gasteiger partial charge in [-0.3, -0.25) is 0 Å². The van der Waals surface area contributed by atoms with Gasteiger partial charge in [0.25, 0.3) is 0 Å². The van der Waals surface area contributed by atoms with Gasteiger partial charge >= 0.3 is 5.97 Å². The Balaban J connectivity index is 0.000000494. The summed E-state index contributed by atoms with van der Waals surface area (Å²) in [6, 6.07) is 0. The fraction of sp³-hybridized carbons (Fsp3) is 0.417. The number of esters is 1. The summed E-state index contributed by atoms with van der Waals surface area (Å²) < 4.78 is 4.78. The highest BCUT2D eigenvalue weighted by atomic mass is 32.2. The second kappa shape index (κ2) is 9.47. The van der Waals surface area contributed by atoms with Crippen LogP contribution in [0.2, 0.25) is 0 Å². The first kappa shape index (κ1) is 16.4. The molecule has 0 saturated carbocycles. The van der Waals surface area contributed by atoms with Crippen molar-refractivity contribution in [2.45, 2.75) is 12.1 Å². The number of carbonyl (C=O) groups excluding carboxylic acids is 1. The molecule has 0 saturated heterocycles. The minimum atomic E-state index is -0.379. The monoisotopic (exact) mass is 269 g/mol. The summed E-state index contributed by atoms with van der Waals surface area (Å²) in [7, 11) is 3.88. The highest BCUT2D eigenvalue weighted by Gasteiger charge is 2.06. The molecule has 0 aliphatic heterocycles. The van der Waals surface area contributed by atoms with E-state index in [9.17, 15) is 4.79 Å². The number of hydrogen-bond donors (Lipinski definition) is 0. The van der Waals surface area contributed by atoms with E-state index in [1.54, 1.807) is 13.1 Å². The highest BCUT2D eigenvalue weighted by molar-refractivity contribution is 7.98. The molecule has 0 spiro atoms. The van der Waals surface area contributed by atoms with E-state index in [0.717, 1.165) is 0 Å². The standard InChI is InChI=1S/C8H10N2O2S.C4H9N/c1-3-12-7(11)6-4-9-8(13-2)10-5-6;1-4-5(2)3/h4-5H,3H2,1-2H3;4H,1H2,2-3H3. The van der Waals surface area contributed by atoms with Gasteiger partial charge in [0, 0.05) is 26.5 Å². The number of thioether (sulfide) groups is 1. The predicted octanol–water partition coefficient (Wildman–Crippen LogP) is 2.07. The van der Waals surface area contributed by atoms with Gasteiger partial charge in [-0.15, -0.1) is 0 Å². The van der Waals surface area contributed by atoms with E-state index in [1.807, 2.05) is 25.3 Å². The molecule has 0 aliphatic carbocycles. The quantitative estimate of drug-likeness (QED) is 0.474. The van der Waals surface area contributed by atoms with E-state index >= 15 is 0 Å². The van der Waals surface area contributed by atoms with Crippen molar-refractivity contribution >= 4 is 17.7 Å². The van der Waals surface area contributed by atoms with Crippen molar-refractivity contribution in [1.29, 1.82) is 0 Å². The van der Waals surface area contributed by atoms with Gasteiger partial charge in [-0.25, -0.2) is 14.8 Å². The Labute approximate surface area is 112 Å². The topological polar surface area (TPSA) is 55.3 Å². The lowest BCUT2D eigenvalue weighted by molar-refractivity contribution is 0.0525. The first-order chi connectivity index (χ1) is 8.54. The molecule has 5 nitrogen and oxygen atoms in total. The second-order valence-electron chi connectivity index (χ2n) is 3.33. The number of carbonyl (C=O) groups is 1. The third-order valence-electron chi connectivity index (χ3n) is 1.69. The van der Waals surface area contributed by atoms with Crippen molar-refractivity contribution in [3.63, 3.8) is 0 Å². The molecule has 0 fully saturated rings. The van der Waals surface area contributed by atoms with E-state index in [4.69, 9.17) is 4.74 Å². The van der Waals surface area contributed by atoms with Crippen LogP contribution < -0.4 is 0 Å². The zero-order valence-electron chi connectivity index (χ0n) is 11.2. The molecule has 0 N–H and O–H groups in total. The van der Waals surface area contributed by atoms with Crippen molar-refractivity contribution in [2.24, 2.45) is 0 Å². The molecule has 1 heterocycles. The fourth-order valence-corrected chi connectivity index (χ4v) is 1.06. The van der Waals surface area contributed by atoms with Crippen LogP contribution in [-0.2, 0) is 4.74 Å². The lowest BCUT2D eigenvalue weighted by atomic mass is 10.3. The van der Waals surface area contributed by atoms with Gasteiger partial charge in [0.1, 0.15) is 0 Å². The smallest absolute Gasteiger partial charge is 0.341 e. The van der Waals surface area contributed by atoms with Crippen molar-refractivity contribution < 1.29 is 9.53 Å². The van der Waals surface area contributed by atoms with Crippen LogP contribution in [0.5, 0.6) is 0 Å². The van der Waals surface area contributed by atoms with E-state index in [-0.39, 0.29) is 5.97 Å². The molecule has 1 rings (SSSR count). The van der Waals surface area contributed by atoms with Crippen molar-refractivity contribution in [3.8, 4) is 0 Å². The summed E-state index contributed by atoms with van der Waals surface area (Å²) in [6.07, 6.45) is 6.56. The largest absolute Gasteiger partial charge is 0.462 e. The molecule has 1 aromatic rings. The lowest BCUT2D eigenvalue weighted by Crippen LogP contribution is -2.05. The molecular weight excluding hydrogens is 250 g/mol. The Morgan fingerprint density at radius 3 is 2.33 bits per heavy atom. The molecule has 0 amide bonds. The highest BCUT2D eigenvalue weighted by Crippen LogP contribution is 2.07. The molecule has 0 aliphatic rings. The fourth-order valence-electron chi connectivity index (χ4n) is 0.741. The third-order valence-corrected chi connectivity index (χ3v) is 2.26. The van der Waals surface area contributed by atoms with Gasteiger partial charge in [0.15, 0.2) is 5.16 Å². The van der Waals surface area contributed by atoms with Gasteiger partial charge in [0.2, 0.25) is 0 Å². The first-order valence-corrected chi connectivity index (χ1v) is 6.59. The Kier molecular flexibility index (Phi) is 8.65. The maximum atomic E-state index is 11.1. The average Bonchev–Trinajstić information content (AvgIpc) is 2.39. The maximum absolute atomic E-state index is 11.1. The van der Waals surface area contributed by atoms with Crippen LogP contribution in [0.25, 0.3) is 0 Å². The Morgan fingerprint density at radius 2 is 2.00 bits per heavy atom.